The summed E-state index contributed by atoms with van der Waals surface area (Å²) in [4.78, 5) is 13.2. The minimum absolute atomic E-state index is 0.0357. The molecule has 0 radical (unpaired) electrons. The minimum Gasteiger partial charge on any atom is -0.382 e. The monoisotopic (exact) mass is 250 g/mol. The van der Waals surface area contributed by atoms with E-state index in [1.807, 2.05) is 13.8 Å². The van der Waals surface area contributed by atoms with Crippen LogP contribution in [0.15, 0.2) is 0 Å². The van der Waals surface area contributed by atoms with Gasteiger partial charge < -0.3 is 9.64 Å². The Labute approximate surface area is 95.8 Å². The summed E-state index contributed by atoms with van der Waals surface area (Å²) in [6, 6.07) is 0. The number of methoxy groups -OCH3 is 1. The second-order valence-electron chi connectivity index (χ2n) is 4.66. The summed E-state index contributed by atoms with van der Waals surface area (Å²) >= 11 is 0. The summed E-state index contributed by atoms with van der Waals surface area (Å²) in [7, 11) is -2.11. The van der Waals surface area contributed by atoms with Gasteiger partial charge in [0.2, 0.25) is 15.9 Å². The minimum atomic E-state index is -3.65. The van der Waals surface area contributed by atoms with E-state index in [9.17, 15) is 13.2 Å². The number of nitrogens with two attached hydrogens (primary N) is 1. The Morgan fingerprint density at radius 2 is 2.12 bits per heavy atom. The highest BCUT2D eigenvalue weighted by molar-refractivity contribution is 7.89. The summed E-state index contributed by atoms with van der Waals surface area (Å²) < 4.78 is 27.4. The molecule has 1 aliphatic rings. The van der Waals surface area contributed by atoms with E-state index in [-0.39, 0.29) is 18.9 Å². The number of likely N-dealkylation sites (tertiary alicyclic amines) is 1. The van der Waals surface area contributed by atoms with Gasteiger partial charge in [0.1, 0.15) is 5.25 Å². The maximum atomic E-state index is 11.7. The number of nitrogens with zero attached hydrogens (tertiary/aromatic N) is 1. The van der Waals surface area contributed by atoms with Crippen molar-refractivity contribution in [1.29, 1.82) is 0 Å². The van der Waals surface area contributed by atoms with Crippen molar-refractivity contribution >= 4 is 15.9 Å². The maximum Gasteiger partial charge on any atom is 0.224 e. The van der Waals surface area contributed by atoms with E-state index in [1.54, 1.807) is 7.11 Å². The first-order valence-corrected chi connectivity index (χ1v) is 6.60. The third-order valence-electron chi connectivity index (χ3n) is 2.78. The molecule has 1 fully saturated rings. The number of carbonyl (C=O) groups is 1. The molecule has 0 aliphatic carbocycles. The predicted molar refractivity (Wildman–Crippen MR) is 59.2 cm³/mol. The molecular formula is C9H18N2O4S. The van der Waals surface area contributed by atoms with Gasteiger partial charge in [-0.1, -0.05) is 0 Å². The number of sulfonamides is 1. The van der Waals surface area contributed by atoms with Gasteiger partial charge in [0.15, 0.2) is 0 Å². The molecule has 1 unspecified atom stereocenters. The first-order valence-electron chi connectivity index (χ1n) is 4.99. The van der Waals surface area contributed by atoms with Crippen molar-refractivity contribution in [3.63, 3.8) is 0 Å². The lowest BCUT2D eigenvalue weighted by Crippen LogP contribution is -2.48. The van der Waals surface area contributed by atoms with Crippen LogP contribution in [-0.2, 0) is 19.6 Å². The van der Waals surface area contributed by atoms with Crippen LogP contribution in [0.3, 0.4) is 0 Å². The highest BCUT2D eigenvalue weighted by Gasteiger charge is 2.42. The zero-order valence-electron chi connectivity index (χ0n) is 9.76. The topological polar surface area (TPSA) is 89.7 Å². The van der Waals surface area contributed by atoms with Gasteiger partial charge in [-0.15, -0.1) is 0 Å². The van der Waals surface area contributed by atoms with Crippen LogP contribution in [0.25, 0.3) is 0 Å². The van der Waals surface area contributed by atoms with Crippen molar-refractivity contribution in [3.8, 4) is 0 Å². The number of ether oxygens (including phenoxy) is 1. The van der Waals surface area contributed by atoms with Gasteiger partial charge in [0.05, 0.1) is 12.1 Å². The molecule has 1 atom stereocenters. The van der Waals surface area contributed by atoms with Gasteiger partial charge >= 0.3 is 0 Å². The van der Waals surface area contributed by atoms with Crippen molar-refractivity contribution in [2.24, 2.45) is 5.14 Å². The molecule has 94 valence electrons. The number of primary sulfonamides is 1. The van der Waals surface area contributed by atoms with Gasteiger partial charge in [0.25, 0.3) is 0 Å². The van der Waals surface area contributed by atoms with Gasteiger partial charge in [-0.3, -0.25) is 4.79 Å². The van der Waals surface area contributed by atoms with E-state index >= 15 is 0 Å². The van der Waals surface area contributed by atoms with Crippen molar-refractivity contribution in [1.82, 2.24) is 4.90 Å². The lowest BCUT2D eigenvalue weighted by Gasteiger charge is -2.35. The van der Waals surface area contributed by atoms with Gasteiger partial charge in [0, 0.05) is 20.1 Å². The molecule has 0 aromatic heterocycles. The van der Waals surface area contributed by atoms with Crippen LogP contribution < -0.4 is 5.14 Å². The lowest BCUT2D eigenvalue weighted by atomic mass is 10.1. The molecule has 6 nitrogen and oxygen atoms in total. The van der Waals surface area contributed by atoms with E-state index in [1.165, 1.54) is 4.90 Å². The van der Waals surface area contributed by atoms with E-state index in [2.05, 4.69) is 0 Å². The third kappa shape index (κ3) is 2.72. The molecule has 16 heavy (non-hydrogen) atoms. The zero-order chi connectivity index (χ0) is 12.6. The number of rotatable bonds is 4. The molecule has 0 bridgehead atoms. The average molecular weight is 250 g/mol. The summed E-state index contributed by atoms with van der Waals surface area (Å²) in [5.74, 6) is -0.193. The van der Waals surface area contributed by atoms with Crippen LogP contribution >= 0.6 is 0 Å². The molecule has 7 heteroatoms. The van der Waals surface area contributed by atoms with Crippen molar-refractivity contribution < 1.29 is 17.9 Å². The summed E-state index contributed by atoms with van der Waals surface area (Å²) in [5.41, 5.74) is -0.509. The van der Waals surface area contributed by atoms with Crippen molar-refractivity contribution in [2.45, 2.75) is 31.1 Å². The molecule has 0 aromatic carbocycles. The molecule has 2 N–H and O–H groups in total. The molecule has 1 rings (SSSR count). The fourth-order valence-electron chi connectivity index (χ4n) is 1.91. The number of hydrogen-bond donors (Lipinski definition) is 1. The Morgan fingerprint density at radius 1 is 1.56 bits per heavy atom. The number of carbonyl (C=O) groups excluding carboxylic acids is 1. The molecule has 0 saturated carbocycles. The van der Waals surface area contributed by atoms with Crippen LogP contribution in [-0.4, -0.2) is 50.3 Å². The van der Waals surface area contributed by atoms with Crippen molar-refractivity contribution in [3.05, 3.63) is 0 Å². The van der Waals surface area contributed by atoms with E-state index in [0.717, 1.165) is 0 Å². The van der Waals surface area contributed by atoms with Gasteiger partial charge in [-0.2, -0.15) is 0 Å². The number of amides is 1. The van der Waals surface area contributed by atoms with Gasteiger partial charge in [-0.25, -0.2) is 13.6 Å². The summed E-state index contributed by atoms with van der Waals surface area (Å²) in [5, 5.41) is 4.25. The van der Waals surface area contributed by atoms with Crippen LogP contribution in [0, 0.1) is 0 Å². The summed E-state index contributed by atoms with van der Waals surface area (Å²) in [6.45, 7) is 4.17. The first-order chi connectivity index (χ1) is 7.18. The number of hydrogen-bond acceptors (Lipinski definition) is 4. The summed E-state index contributed by atoms with van der Waals surface area (Å²) in [6.07, 6.45) is -0.0357. The molecule has 0 spiro atoms. The standard InChI is InChI=1S/C9H18N2O4S/c1-9(2,6-15-3)11-5-7(4-8(11)12)16(10,13)14/h7H,4-6H2,1-3H3,(H2,10,13,14). The quantitative estimate of drug-likeness (QED) is 0.714. The van der Waals surface area contributed by atoms with Crippen LogP contribution in [0.4, 0.5) is 0 Å². The molecule has 0 aromatic rings. The lowest BCUT2D eigenvalue weighted by molar-refractivity contribution is -0.133. The zero-order valence-corrected chi connectivity index (χ0v) is 10.6. The largest absolute Gasteiger partial charge is 0.382 e. The first kappa shape index (κ1) is 13.4. The second-order valence-corrected chi connectivity index (χ2v) is 6.51. The van der Waals surface area contributed by atoms with Crippen LogP contribution in [0.2, 0.25) is 0 Å². The fraction of sp³-hybridized carbons (Fsp3) is 0.889. The Bertz CT molecular complexity index is 377. The molecule has 1 amide bonds. The Kier molecular flexibility index (Phi) is 3.61. The Hall–Kier alpha value is -0.660. The normalized spacial score (nSPS) is 22.9. The van der Waals surface area contributed by atoms with E-state index < -0.39 is 20.8 Å². The average Bonchev–Trinajstić information content (AvgIpc) is 2.46. The highest BCUT2D eigenvalue weighted by atomic mass is 32.2. The van der Waals surface area contributed by atoms with Crippen LogP contribution in [0.5, 0.6) is 0 Å². The fourth-order valence-corrected chi connectivity index (χ4v) is 2.64. The second kappa shape index (κ2) is 4.31. The molecule has 1 aliphatic heterocycles. The van der Waals surface area contributed by atoms with Crippen LogP contribution in [0.1, 0.15) is 20.3 Å². The third-order valence-corrected chi connectivity index (χ3v) is 4.03. The van der Waals surface area contributed by atoms with Crippen molar-refractivity contribution in [2.75, 3.05) is 20.3 Å². The van der Waals surface area contributed by atoms with Gasteiger partial charge in [-0.05, 0) is 13.8 Å². The Morgan fingerprint density at radius 3 is 2.50 bits per heavy atom. The molecule has 1 heterocycles. The maximum absolute atomic E-state index is 11.7. The molecule has 1 saturated heterocycles. The SMILES string of the molecule is COCC(C)(C)N1CC(S(N)(=O)=O)CC1=O. The molecular weight excluding hydrogens is 232 g/mol. The smallest absolute Gasteiger partial charge is 0.224 e. The predicted octanol–water partition coefficient (Wildman–Crippen LogP) is -0.699. The Balaban J connectivity index is 2.83. The van der Waals surface area contributed by atoms with E-state index in [4.69, 9.17) is 9.88 Å². The highest BCUT2D eigenvalue weighted by Crippen LogP contribution is 2.25. The van der Waals surface area contributed by atoms with E-state index in [0.29, 0.717) is 6.61 Å².